The van der Waals surface area contributed by atoms with Gasteiger partial charge in [-0.2, -0.15) is 0 Å². The fourth-order valence-corrected chi connectivity index (χ4v) is 3.69. The van der Waals surface area contributed by atoms with E-state index in [2.05, 4.69) is 29.3 Å². The van der Waals surface area contributed by atoms with E-state index in [1.165, 1.54) is 45.3 Å². The largest absolute Gasteiger partial charge is 0.465 e. The second-order valence-electron chi connectivity index (χ2n) is 6.22. The lowest BCUT2D eigenvalue weighted by atomic mass is 9.89. The van der Waals surface area contributed by atoms with Crippen molar-refractivity contribution in [2.75, 3.05) is 19.6 Å². The van der Waals surface area contributed by atoms with Gasteiger partial charge in [0.15, 0.2) is 0 Å². The number of hydrogen-bond donors (Lipinski definition) is 1. The van der Waals surface area contributed by atoms with Crippen LogP contribution in [-0.4, -0.2) is 30.6 Å². The van der Waals surface area contributed by atoms with Gasteiger partial charge in [-0.05, 0) is 70.7 Å². The van der Waals surface area contributed by atoms with Crippen LogP contribution in [0.15, 0.2) is 16.5 Å². The minimum Gasteiger partial charge on any atom is -0.465 e. The highest BCUT2D eigenvalue weighted by Crippen LogP contribution is 2.30. The Bertz CT molecular complexity index is 409. The third kappa shape index (κ3) is 2.87. The van der Waals surface area contributed by atoms with E-state index in [0.29, 0.717) is 6.04 Å². The topological polar surface area (TPSA) is 28.4 Å². The summed E-state index contributed by atoms with van der Waals surface area (Å²) in [5.41, 5.74) is 0. The second kappa shape index (κ2) is 5.68. The Labute approximate surface area is 116 Å². The molecule has 0 amide bonds. The lowest BCUT2D eigenvalue weighted by molar-refractivity contribution is 0.103. The first-order chi connectivity index (χ1) is 9.24. The maximum Gasteiger partial charge on any atom is 0.121 e. The monoisotopic (exact) mass is 262 g/mol. The predicted octanol–water partition coefficient (Wildman–Crippen LogP) is 3.11. The molecule has 3 atom stereocenters. The first-order valence-corrected chi connectivity index (χ1v) is 7.78. The fourth-order valence-electron chi connectivity index (χ4n) is 3.69. The summed E-state index contributed by atoms with van der Waals surface area (Å²) in [7, 11) is 0. The minimum absolute atomic E-state index is 0.415. The standard InChI is InChI=1S/C16H26N2O/c1-12-7-8-16(19-12)13(2)18-10-4-5-14(11-18)15-6-3-9-17-15/h7-8,13-15,17H,3-6,9-11H2,1-2H3. The molecular formula is C16H26N2O. The summed E-state index contributed by atoms with van der Waals surface area (Å²) in [6, 6.07) is 5.38. The van der Waals surface area contributed by atoms with Gasteiger partial charge in [-0.15, -0.1) is 0 Å². The first kappa shape index (κ1) is 13.2. The van der Waals surface area contributed by atoms with Gasteiger partial charge in [0.25, 0.3) is 0 Å². The van der Waals surface area contributed by atoms with Crippen molar-refractivity contribution in [1.29, 1.82) is 0 Å². The smallest absolute Gasteiger partial charge is 0.121 e. The third-order valence-corrected chi connectivity index (χ3v) is 4.88. The van der Waals surface area contributed by atoms with Crippen molar-refractivity contribution in [3.63, 3.8) is 0 Å². The molecule has 2 aliphatic rings. The zero-order valence-corrected chi connectivity index (χ0v) is 12.2. The maximum atomic E-state index is 5.80. The van der Waals surface area contributed by atoms with Crippen molar-refractivity contribution >= 4 is 0 Å². The Morgan fingerprint density at radius 3 is 2.89 bits per heavy atom. The van der Waals surface area contributed by atoms with Crippen LogP contribution in [0.3, 0.4) is 0 Å². The van der Waals surface area contributed by atoms with E-state index in [1.807, 2.05) is 6.92 Å². The normalized spacial score (nSPS) is 30.6. The lowest BCUT2D eigenvalue weighted by Crippen LogP contribution is -2.44. The van der Waals surface area contributed by atoms with E-state index in [9.17, 15) is 0 Å². The number of likely N-dealkylation sites (tertiary alicyclic amines) is 1. The number of rotatable bonds is 3. The number of nitrogens with one attached hydrogen (secondary N) is 1. The number of nitrogens with zero attached hydrogens (tertiary/aromatic N) is 1. The first-order valence-electron chi connectivity index (χ1n) is 7.78. The summed E-state index contributed by atoms with van der Waals surface area (Å²) >= 11 is 0. The summed E-state index contributed by atoms with van der Waals surface area (Å²) in [6.07, 6.45) is 5.44. The van der Waals surface area contributed by atoms with E-state index >= 15 is 0 Å². The van der Waals surface area contributed by atoms with Gasteiger partial charge in [0, 0.05) is 12.6 Å². The second-order valence-corrected chi connectivity index (χ2v) is 6.22. The van der Waals surface area contributed by atoms with Crippen molar-refractivity contribution in [3.05, 3.63) is 23.7 Å². The van der Waals surface area contributed by atoms with Gasteiger partial charge in [-0.1, -0.05) is 0 Å². The van der Waals surface area contributed by atoms with Gasteiger partial charge in [-0.3, -0.25) is 4.90 Å². The predicted molar refractivity (Wildman–Crippen MR) is 77.2 cm³/mol. The SMILES string of the molecule is Cc1ccc(C(C)N2CCCC(C3CCCN3)C2)o1. The minimum atomic E-state index is 0.415. The van der Waals surface area contributed by atoms with Crippen molar-refractivity contribution in [2.45, 2.75) is 51.6 Å². The highest BCUT2D eigenvalue weighted by Gasteiger charge is 2.31. The molecule has 2 aliphatic heterocycles. The molecule has 3 heteroatoms. The van der Waals surface area contributed by atoms with Crippen LogP contribution < -0.4 is 5.32 Å². The molecule has 2 saturated heterocycles. The summed E-state index contributed by atoms with van der Waals surface area (Å²) in [5, 5.41) is 3.68. The number of aryl methyl sites for hydroxylation is 1. The van der Waals surface area contributed by atoms with Crippen LogP contribution in [0.2, 0.25) is 0 Å². The summed E-state index contributed by atoms with van der Waals surface area (Å²) in [5.74, 6) is 2.97. The quantitative estimate of drug-likeness (QED) is 0.907. The molecule has 1 N–H and O–H groups in total. The molecule has 0 aromatic carbocycles. The van der Waals surface area contributed by atoms with Gasteiger partial charge in [-0.25, -0.2) is 0 Å². The molecule has 1 aromatic rings. The van der Waals surface area contributed by atoms with Crippen LogP contribution in [-0.2, 0) is 0 Å². The average molecular weight is 262 g/mol. The van der Waals surface area contributed by atoms with Crippen LogP contribution in [0.4, 0.5) is 0 Å². The Morgan fingerprint density at radius 1 is 1.32 bits per heavy atom. The molecule has 0 radical (unpaired) electrons. The summed E-state index contributed by atoms with van der Waals surface area (Å²) in [4.78, 5) is 2.60. The van der Waals surface area contributed by atoms with Crippen LogP contribution >= 0.6 is 0 Å². The Morgan fingerprint density at radius 2 is 2.21 bits per heavy atom. The van der Waals surface area contributed by atoms with Gasteiger partial charge in [0.2, 0.25) is 0 Å². The highest BCUT2D eigenvalue weighted by molar-refractivity contribution is 5.09. The van der Waals surface area contributed by atoms with Gasteiger partial charge in [0.1, 0.15) is 11.5 Å². The van der Waals surface area contributed by atoms with E-state index in [1.54, 1.807) is 0 Å². The third-order valence-electron chi connectivity index (χ3n) is 4.88. The zero-order valence-electron chi connectivity index (χ0n) is 12.2. The average Bonchev–Trinajstić information content (AvgIpc) is 3.09. The number of hydrogen-bond acceptors (Lipinski definition) is 3. The molecule has 1 aromatic heterocycles. The molecule has 106 valence electrons. The Balaban J connectivity index is 1.64. The van der Waals surface area contributed by atoms with Crippen molar-refractivity contribution in [3.8, 4) is 0 Å². The van der Waals surface area contributed by atoms with Crippen LogP contribution in [0.1, 0.15) is 50.2 Å². The van der Waals surface area contributed by atoms with Crippen LogP contribution in [0, 0.1) is 12.8 Å². The molecule has 0 saturated carbocycles. The number of furan rings is 1. The Hall–Kier alpha value is -0.800. The van der Waals surface area contributed by atoms with Crippen LogP contribution in [0.5, 0.6) is 0 Å². The molecule has 0 spiro atoms. The van der Waals surface area contributed by atoms with E-state index in [-0.39, 0.29) is 0 Å². The molecule has 3 heterocycles. The van der Waals surface area contributed by atoms with Gasteiger partial charge < -0.3 is 9.73 Å². The van der Waals surface area contributed by atoms with E-state index in [0.717, 1.165) is 23.5 Å². The lowest BCUT2D eigenvalue weighted by Gasteiger charge is -2.38. The van der Waals surface area contributed by atoms with Crippen molar-refractivity contribution in [2.24, 2.45) is 5.92 Å². The summed E-state index contributed by atoms with van der Waals surface area (Å²) in [6.45, 7) is 7.96. The molecule has 0 bridgehead atoms. The van der Waals surface area contributed by atoms with E-state index < -0.39 is 0 Å². The van der Waals surface area contributed by atoms with Crippen molar-refractivity contribution in [1.82, 2.24) is 10.2 Å². The number of piperidine rings is 1. The Kier molecular flexibility index (Phi) is 3.94. The molecule has 0 aliphatic carbocycles. The van der Waals surface area contributed by atoms with Gasteiger partial charge in [0.05, 0.1) is 6.04 Å². The molecule has 19 heavy (non-hydrogen) atoms. The van der Waals surface area contributed by atoms with E-state index in [4.69, 9.17) is 4.42 Å². The molecule has 3 nitrogen and oxygen atoms in total. The molecule has 3 unspecified atom stereocenters. The zero-order chi connectivity index (χ0) is 13.2. The molecule has 2 fully saturated rings. The molecule has 3 rings (SSSR count). The maximum absolute atomic E-state index is 5.80. The highest BCUT2D eigenvalue weighted by atomic mass is 16.3. The van der Waals surface area contributed by atoms with Crippen molar-refractivity contribution < 1.29 is 4.42 Å². The van der Waals surface area contributed by atoms with Gasteiger partial charge >= 0.3 is 0 Å². The fraction of sp³-hybridized carbons (Fsp3) is 0.750. The summed E-state index contributed by atoms with van der Waals surface area (Å²) < 4.78 is 5.80. The molecular weight excluding hydrogens is 236 g/mol. The van der Waals surface area contributed by atoms with Crippen LogP contribution in [0.25, 0.3) is 0 Å².